The fourth-order valence-electron chi connectivity index (χ4n) is 1.96. The number of hydrogen-bond acceptors (Lipinski definition) is 4. The van der Waals surface area contributed by atoms with Gasteiger partial charge in [0.05, 0.1) is 12.8 Å². The van der Waals surface area contributed by atoms with Crippen molar-refractivity contribution in [3.8, 4) is 11.5 Å². The Kier molecular flexibility index (Phi) is 5.36. The summed E-state index contributed by atoms with van der Waals surface area (Å²) in [4.78, 5) is 15.3. The number of benzene rings is 2. The number of methoxy groups -OCH3 is 1. The summed E-state index contributed by atoms with van der Waals surface area (Å²) in [5, 5.41) is 8.91. The SMILES string of the molecule is COc1cc(C=Nc2cccc(C)c2)ccc1O[C@H](C)C(=O)O. The Balaban J connectivity index is 2.20. The van der Waals surface area contributed by atoms with Gasteiger partial charge in [-0.05, 0) is 55.3 Å². The van der Waals surface area contributed by atoms with Crippen molar-refractivity contribution < 1.29 is 19.4 Å². The molecule has 0 aliphatic rings. The highest BCUT2D eigenvalue weighted by Gasteiger charge is 2.15. The van der Waals surface area contributed by atoms with Crippen molar-refractivity contribution in [1.82, 2.24) is 0 Å². The van der Waals surface area contributed by atoms with E-state index in [1.807, 2.05) is 31.2 Å². The van der Waals surface area contributed by atoms with E-state index in [1.54, 1.807) is 24.4 Å². The van der Waals surface area contributed by atoms with Crippen molar-refractivity contribution in [2.75, 3.05) is 7.11 Å². The highest BCUT2D eigenvalue weighted by atomic mass is 16.5. The number of carbonyl (C=O) groups is 1. The van der Waals surface area contributed by atoms with Crippen LogP contribution in [0.5, 0.6) is 11.5 Å². The maximum Gasteiger partial charge on any atom is 0.344 e. The number of aryl methyl sites for hydroxylation is 1. The first kappa shape index (κ1) is 16.5. The zero-order chi connectivity index (χ0) is 16.8. The number of hydrogen-bond donors (Lipinski definition) is 1. The third-order valence-electron chi connectivity index (χ3n) is 3.20. The molecule has 1 N–H and O–H groups in total. The van der Waals surface area contributed by atoms with E-state index in [-0.39, 0.29) is 0 Å². The molecule has 2 rings (SSSR count). The van der Waals surface area contributed by atoms with Crippen LogP contribution in [-0.2, 0) is 4.79 Å². The summed E-state index contributed by atoms with van der Waals surface area (Å²) in [5.41, 5.74) is 2.84. The van der Waals surface area contributed by atoms with E-state index in [2.05, 4.69) is 4.99 Å². The lowest BCUT2D eigenvalue weighted by Gasteiger charge is -2.14. The van der Waals surface area contributed by atoms with E-state index in [0.717, 1.165) is 16.8 Å². The lowest BCUT2D eigenvalue weighted by molar-refractivity contribution is -0.144. The van der Waals surface area contributed by atoms with E-state index < -0.39 is 12.1 Å². The van der Waals surface area contributed by atoms with Gasteiger partial charge in [0.25, 0.3) is 0 Å². The molecule has 0 aliphatic heterocycles. The first-order valence-electron chi connectivity index (χ1n) is 7.18. The zero-order valence-corrected chi connectivity index (χ0v) is 13.3. The summed E-state index contributed by atoms with van der Waals surface area (Å²) in [5.74, 6) is -0.182. The van der Waals surface area contributed by atoms with Gasteiger partial charge in [0.2, 0.25) is 0 Å². The van der Waals surface area contributed by atoms with Gasteiger partial charge in [-0.3, -0.25) is 4.99 Å². The molecule has 0 fully saturated rings. The lowest BCUT2D eigenvalue weighted by Crippen LogP contribution is -2.23. The van der Waals surface area contributed by atoms with E-state index in [1.165, 1.54) is 14.0 Å². The van der Waals surface area contributed by atoms with Crippen LogP contribution < -0.4 is 9.47 Å². The van der Waals surface area contributed by atoms with Gasteiger partial charge in [-0.15, -0.1) is 0 Å². The normalized spacial score (nSPS) is 12.1. The molecule has 0 saturated carbocycles. The molecule has 0 bridgehead atoms. The summed E-state index contributed by atoms with van der Waals surface area (Å²) in [7, 11) is 1.51. The maximum absolute atomic E-state index is 10.9. The molecule has 1 atom stereocenters. The van der Waals surface area contributed by atoms with Gasteiger partial charge in [-0.2, -0.15) is 0 Å². The monoisotopic (exact) mass is 313 g/mol. The number of ether oxygens (including phenoxy) is 2. The predicted molar refractivity (Wildman–Crippen MR) is 89.2 cm³/mol. The second-order valence-corrected chi connectivity index (χ2v) is 5.11. The van der Waals surface area contributed by atoms with Gasteiger partial charge >= 0.3 is 5.97 Å². The van der Waals surface area contributed by atoms with Crippen molar-refractivity contribution >= 4 is 17.9 Å². The summed E-state index contributed by atoms with van der Waals surface area (Å²) < 4.78 is 10.6. The van der Waals surface area contributed by atoms with E-state index in [9.17, 15) is 4.79 Å². The summed E-state index contributed by atoms with van der Waals surface area (Å²) in [6.07, 6.45) is 0.775. The minimum Gasteiger partial charge on any atom is -0.493 e. The van der Waals surface area contributed by atoms with Gasteiger partial charge in [0.1, 0.15) is 0 Å². The predicted octanol–water partition coefficient (Wildman–Crippen LogP) is 3.61. The van der Waals surface area contributed by atoms with Crippen molar-refractivity contribution in [2.24, 2.45) is 4.99 Å². The molecule has 23 heavy (non-hydrogen) atoms. The van der Waals surface area contributed by atoms with Gasteiger partial charge in [-0.25, -0.2) is 4.79 Å². The Morgan fingerprint density at radius 1 is 1.22 bits per heavy atom. The summed E-state index contributed by atoms with van der Waals surface area (Å²) >= 11 is 0. The topological polar surface area (TPSA) is 68.1 Å². The van der Waals surface area contributed by atoms with Crippen molar-refractivity contribution in [3.63, 3.8) is 0 Å². The molecule has 0 aromatic heterocycles. The number of aliphatic carboxylic acids is 1. The Morgan fingerprint density at radius 2 is 2.00 bits per heavy atom. The maximum atomic E-state index is 10.9. The van der Waals surface area contributed by atoms with E-state index >= 15 is 0 Å². The third-order valence-corrected chi connectivity index (χ3v) is 3.20. The molecule has 0 aliphatic carbocycles. The van der Waals surface area contributed by atoms with Gasteiger partial charge < -0.3 is 14.6 Å². The largest absolute Gasteiger partial charge is 0.493 e. The fourth-order valence-corrected chi connectivity index (χ4v) is 1.96. The standard InChI is InChI=1S/C18H19NO4/c1-12-5-4-6-15(9-12)19-11-14-7-8-16(17(10-14)22-3)23-13(2)18(20)21/h4-11,13H,1-3H3,(H,20,21)/t13-/m1/s1. The van der Waals surface area contributed by atoms with Crippen LogP contribution in [0, 0.1) is 6.92 Å². The molecule has 0 spiro atoms. The average Bonchev–Trinajstić information content (AvgIpc) is 2.53. The van der Waals surface area contributed by atoms with Crippen molar-refractivity contribution in [2.45, 2.75) is 20.0 Å². The first-order valence-corrected chi connectivity index (χ1v) is 7.18. The van der Waals surface area contributed by atoms with Gasteiger partial charge in [-0.1, -0.05) is 12.1 Å². The van der Waals surface area contributed by atoms with Crippen LogP contribution in [0.15, 0.2) is 47.5 Å². The molecule has 120 valence electrons. The van der Waals surface area contributed by atoms with Crippen LogP contribution in [0.25, 0.3) is 0 Å². The molecule has 2 aromatic rings. The molecular weight excluding hydrogens is 294 g/mol. The average molecular weight is 313 g/mol. The molecule has 5 nitrogen and oxygen atoms in total. The van der Waals surface area contributed by atoms with Crippen LogP contribution >= 0.6 is 0 Å². The number of carboxylic acid groups (broad SMARTS) is 1. The van der Waals surface area contributed by atoms with Gasteiger partial charge in [0.15, 0.2) is 17.6 Å². The van der Waals surface area contributed by atoms with E-state index in [4.69, 9.17) is 14.6 Å². The molecule has 0 heterocycles. The smallest absolute Gasteiger partial charge is 0.344 e. The number of aliphatic imine (C=N–C) groups is 1. The zero-order valence-electron chi connectivity index (χ0n) is 13.3. The first-order chi connectivity index (χ1) is 11.0. The summed E-state index contributed by atoms with van der Waals surface area (Å²) in [6.45, 7) is 3.48. The van der Waals surface area contributed by atoms with Crippen LogP contribution in [-0.4, -0.2) is 30.5 Å². The Hall–Kier alpha value is -2.82. The fraction of sp³-hybridized carbons (Fsp3) is 0.222. The molecule has 0 amide bonds. The van der Waals surface area contributed by atoms with Crippen LogP contribution in [0.1, 0.15) is 18.1 Å². The minimum absolute atomic E-state index is 0.384. The van der Waals surface area contributed by atoms with Crippen LogP contribution in [0.2, 0.25) is 0 Å². The molecule has 0 radical (unpaired) electrons. The van der Waals surface area contributed by atoms with Crippen molar-refractivity contribution in [3.05, 3.63) is 53.6 Å². The van der Waals surface area contributed by atoms with Crippen molar-refractivity contribution in [1.29, 1.82) is 0 Å². The summed E-state index contributed by atoms with van der Waals surface area (Å²) in [6, 6.07) is 13.1. The Labute approximate surface area is 135 Å². The molecule has 0 saturated heterocycles. The number of rotatable bonds is 6. The molecule has 2 aromatic carbocycles. The second-order valence-electron chi connectivity index (χ2n) is 5.11. The number of nitrogens with zero attached hydrogens (tertiary/aromatic N) is 1. The number of carboxylic acids is 1. The van der Waals surface area contributed by atoms with Crippen LogP contribution in [0.3, 0.4) is 0 Å². The molecule has 0 unspecified atom stereocenters. The highest BCUT2D eigenvalue weighted by molar-refractivity contribution is 5.83. The minimum atomic E-state index is -1.03. The lowest BCUT2D eigenvalue weighted by atomic mass is 10.2. The molecule has 5 heteroatoms. The second kappa shape index (κ2) is 7.45. The Morgan fingerprint density at radius 3 is 2.65 bits per heavy atom. The van der Waals surface area contributed by atoms with Crippen LogP contribution in [0.4, 0.5) is 5.69 Å². The quantitative estimate of drug-likeness (QED) is 0.827. The molecular formula is C18H19NO4. The van der Waals surface area contributed by atoms with E-state index in [0.29, 0.717) is 11.5 Å². The third kappa shape index (κ3) is 4.57. The highest BCUT2D eigenvalue weighted by Crippen LogP contribution is 2.28. The van der Waals surface area contributed by atoms with Gasteiger partial charge in [0, 0.05) is 6.21 Å². The Bertz CT molecular complexity index is 725.